The molecule has 0 aliphatic rings. The third-order valence-electron chi connectivity index (χ3n) is 3.28. The molecule has 0 amide bonds. The summed E-state index contributed by atoms with van der Waals surface area (Å²) in [5.74, 6) is 0.469. The van der Waals surface area contributed by atoms with Gasteiger partial charge in [0.25, 0.3) is 0 Å². The Hall–Kier alpha value is -2.53. The van der Waals surface area contributed by atoms with E-state index in [-0.39, 0.29) is 0 Å². The zero-order valence-electron chi connectivity index (χ0n) is 12.6. The molecule has 5 heteroatoms. The van der Waals surface area contributed by atoms with Crippen molar-refractivity contribution >= 4 is 5.97 Å². The molecule has 2 rings (SSSR count). The molecule has 0 aliphatic carbocycles. The summed E-state index contributed by atoms with van der Waals surface area (Å²) in [4.78, 5) is 10.9. The van der Waals surface area contributed by atoms with Gasteiger partial charge in [-0.05, 0) is 35.4 Å². The maximum atomic E-state index is 10.9. The van der Waals surface area contributed by atoms with Gasteiger partial charge in [-0.1, -0.05) is 18.2 Å². The number of methoxy groups -OCH3 is 2. The average Bonchev–Trinajstić information content (AvgIpc) is 2.55. The van der Waals surface area contributed by atoms with Crippen LogP contribution in [0.3, 0.4) is 0 Å². The van der Waals surface area contributed by atoms with Crippen LogP contribution in [0.15, 0.2) is 42.5 Å². The van der Waals surface area contributed by atoms with Crippen LogP contribution in [0.2, 0.25) is 0 Å². The second-order valence-electron chi connectivity index (χ2n) is 4.80. The summed E-state index contributed by atoms with van der Waals surface area (Å²) in [6, 6.07) is 12.6. The first-order valence-electron chi connectivity index (χ1n) is 6.88. The van der Waals surface area contributed by atoms with Gasteiger partial charge in [-0.25, -0.2) is 4.79 Å². The third kappa shape index (κ3) is 3.99. The van der Waals surface area contributed by atoms with E-state index in [1.165, 1.54) is 0 Å². The lowest BCUT2D eigenvalue weighted by Crippen LogP contribution is -2.13. The van der Waals surface area contributed by atoms with Crippen LogP contribution in [0.5, 0.6) is 11.5 Å². The number of aromatic carboxylic acids is 1. The van der Waals surface area contributed by atoms with Crippen LogP contribution in [0.25, 0.3) is 0 Å². The summed E-state index contributed by atoms with van der Waals surface area (Å²) in [7, 11) is 3.21. The second-order valence-corrected chi connectivity index (χ2v) is 4.80. The molecule has 0 aromatic heterocycles. The molecule has 2 aromatic carbocycles. The average molecular weight is 301 g/mol. The molecule has 22 heavy (non-hydrogen) atoms. The van der Waals surface area contributed by atoms with Crippen molar-refractivity contribution in [3.8, 4) is 11.5 Å². The molecular formula is C17H19NO4. The van der Waals surface area contributed by atoms with Crippen molar-refractivity contribution in [1.29, 1.82) is 0 Å². The number of ether oxygens (including phenoxy) is 2. The van der Waals surface area contributed by atoms with Gasteiger partial charge >= 0.3 is 5.97 Å². The van der Waals surface area contributed by atoms with Crippen LogP contribution in [0.1, 0.15) is 21.5 Å². The minimum atomic E-state index is -0.915. The Balaban J connectivity index is 1.96. The number of carboxylic acid groups (broad SMARTS) is 1. The molecule has 0 saturated heterocycles. The van der Waals surface area contributed by atoms with Crippen molar-refractivity contribution in [3.05, 3.63) is 59.2 Å². The predicted octanol–water partition coefficient (Wildman–Crippen LogP) is 2.69. The quantitative estimate of drug-likeness (QED) is 0.823. The molecular weight excluding hydrogens is 282 g/mol. The highest BCUT2D eigenvalue weighted by Crippen LogP contribution is 2.27. The zero-order valence-corrected chi connectivity index (χ0v) is 12.6. The lowest BCUT2D eigenvalue weighted by Gasteiger charge is -2.10. The Bertz CT molecular complexity index is 655. The molecule has 116 valence electrons. The third-order valence-corrected chi connectivity index (χ3v) is 3.28. The van der Waals surface area contributed by atoms with Gasteiger partial charge in [-0.2, -0.15) is 0 Å². The van der Waals surface area contributed by atoms with Crippen molar-refractivity contribution in [3.63, 3.8) is 0 Å². The number of carbonyl (C=O) groups is 1. The second kappa shape index (κ2) is 7.47. The van der Waals surface area contributed by atoms with Gasteiger partial charge in [0.05, 0.1) is 19.8 Å². The molecule has 0 fully saturated rings. The van der Waals surface area contributed by atoms with Crippen LogP contribution < -0.4 is 14.8 Å². The molecule has 0 saturated carbocycles. The van der Waals surface area contributed by atoms with E-state index in [1.807, 2.05) is 24.3 Å². The van der Waals surface area contributed by atoms with Gasteiger partial charge in [-0.15, -0.1) is 0 Å². The fourth-order valence-electron chi connectivity index (χ4n) is 2.16. The van der Waals surface area contributed by atoms with Crippen LogP contribution in [0.4, 0.5) is 0 Å². The number of hydrogen-bond donors (Lipinski definition) is 2. The number of carboxylic acids is 1. The topological polar surface area (TPSA) is 67.8 Å². The first-order valence-corrected chi connectivity index (χ1v) is 6.88. The van der Waals surface area contributed by atoms with Crippen LogP contribution in [0, 0.1) is 0 Å². The highest BCUT2D eigenvalue weighted by molar-refractivity contribution is 5.87. The molecule has 0 bridgehead atoms. The van der Waals surface area contributed by atoms with Gasteiger partial charge in [0.15, 0.2) is 11.5 Å². The minimum Gasteiger partial charge on any atom is -0.493 e. The van der Waals surface area contributed by atoms with E-state index < -0.39 is 5.97 Å². The van der Waals surface area contributed by atoms with Gasteiger partial charge in [-0.3, -0.25) is 0 Å². The van der Waals surface area contributed by atoms with E-state index in [4.69, 9.17) is 14.6 Å². The summed E-state index contributed by atoms with van der Waals surface area (Å²) >= 11 is 0. The van der Waals surface area contributed by atoms with E-state index in [9.17, 15) is 4.79 Å². The predicted molar refractivity (Wildman–Crippen MR) is 83.5 cm³/mol. The summed E-state index contributed by atoms with van der Waals surface area (Å²) < 4.78 is 10.5. The number of nitrogens with one attached hydrogen (secondary N) is 1. The molecule has 2 aromatic rings. The normalized spacial score (nSPS) is 10.3. The Labute approximate surface area is 129 Å². The highest BCUT2D eigenvalue weighted by Gasteiger charge is 2.05. The van der Waals surface area contributed by atoms with E-state index in [1.54, 1.807) is 32.4 Å². The molecule has 0 aliphatic heterocycles. The molecule has 0 radical (unpaired) electrons. The van der Waals surface area contributed by atoms with Crippen molar-refractivity contribution in [2.45, 2.75) is 13.1 Å². The van der Waals surface area contributed by atoms with Crippen molar-refractivity contribution < 1.29 is 19.4 Å². The Morgan fingerprint density at radius 2 is 1.68 bits per heavy atom. The summed E-state index contributed by atoms with van der Waals surface area (Å²) in [6.45, 7) is 1.24. The summed E-state index contributed by atoms with van der Waals surface area (Å²) in [5.41, 5.74) is 2.29. The maximum absolute atomic E-state index is 10.9. The summed E-state index contributed by atoms with van der Waals surface area (Å²) in [5, 5.41) is 12.3. The minimum absolute atomic E-state index is 0.297. The molecule has 5 nitrogen and oxygen atoms in total. The van der Waals surface area contributed by atoms with Crippen LogP contribution in [-0.4, -0.2) is 25.3 Å². The van der Waals surface area contributed by atoms with Gasteiger partial charge < -0.3 is 19.9 Å². The monoisotopic (exact) mass is 301 g/mol. The number of benzene rings is 2. The first-order chi connectivity index (χ1) is 10.6. The van der Waals surface area contributed by atoms with Crippen LogP contribution >= 0.6 is 0 Å². The SMILES string of the molecule is COc1ccc(CNCc2cccc(C(=O)O)c2)cc1OC. The van der Waals surface area contributed by atoms with Crippen LogP contribution in [-0.2, 0) is 13.1 Å². The fourth-order valence-corrected chi connectivity index (χ4v) is 2.16. The zero-order chi connectivity index (χ0) is 15.9. The van der Waals surface area contributed by atoms with E-state index >= 15 is 0 Å². The Kier molecular flexibility index (Phi) is 5.38. The maximum Gasteiger partial charge on any atom is 0.335 e. The smallest absolute Gasteiger partial charge is 0.335 e. The molecule has 0 spiro atoms. The van der Waals surface area contributed by atoms with Crippen molar-refractivity contribution in [1.82, 2.24) is 5.32 Å². The van der Waals surface area contributed by atoms with E-state index in [0.717, 1.165) is 11.1 Å². The highest BCUT2D eigenvalue weighted by atomic mass is 16.5. The largest absolute Gasteiger partial charge is 0.493 e. The van der Waals surface area contributed by atoms with Crippen molar-refractivity contribution in [2.24, 2.45) is 0 Å². The van der Waals surface area contributed by atoms with E-state index in [2.05, 4.69) is 5.32 Å². The first kappa shape index (κ1) is 15.9. The molecule has 0 atom stereocenters. The lowest BCUT2D eigenvalue weighted by molar-refractivity contribution is 0.0696. The molecule has 0 unspecified atom stereocenters. The Morgan fingerprint density at radius 1 is 1.00 bits per heavy atom. The standard InChI is InChI=1S/C17H19NO4/c1-21-15-7-6-13(9-16(15)22-2)11-18-10-12-4-3-5-14(8-12)17(19)20/h3-9,18H,10-11H2,1-2H3,(H,19,20). The lowest BCUT2D eigenvalue weighted by atomic mass is 10.1. The number of hydrogen-bond acceptors (Lipinski definition) is 4. The molecule has 2 N–H and O–H groups in total. The van der Waals surface area contributed by atoms with E-state index in [0.29, 0.717) is 30.2 Å². The fraction of sp³-hybridized carbons (Fsp3) is 0.235. The summed E-state index contributed by atoms with van der Waals surface area (Å²) in [6.07, 6.45) is 0. The molecule has 0 heterocycles. The van der Waals surface area contributed by atoms with Gasteiger partial charge in [0.1, 0.15) is 0 Å². The van der Waals surface area contributed by atoms with Gasteiger partial charge in [0, 0.05) is 13.1 Å². The van der Waals surface area contributed by atoms with Crippen molar-refractivity contribution in [2.75, 3.05) is 14.2 Å². The number of rotatable bonds is 7. The van der Waals surface area contributed by atoms with Gasteiger partial charge in [0.2, 0.25) is 0 Å². The Morgan fingerprint density at radius 3 is 2.32 bits per heavy atom.